The summed E-state index contributed by atoms with van der Waals surface area (Å²) in [6, 6.07) is 2.64. The number of aliphatic carboxylic acids is 1. The number of hydrogen-bond acceptors (Lipinski definition) is 9. The van der Waals surface area contributed by atoms with Crippen molar-refractivity contribution in [3.05, 3.63) is 6.07 Å². The number of carboxylic acids is 1. The minimum Gasteiger partial charge on any atom is -0.481 e. The van der Waals surface area contributed by atoms with Crippen molar-refractivity contribution >= 4 is 23.6 Å². The van der Waals surface area contributed by atoms with Crippen LogP contribution in [0.2, 0.25) is 0 Å². The molecule has 2 saturated carbocycles. The van der Waals surface area contributed by atoms with Gasteiger partial charge in [0.25, 0.3) is 0 Å². The van der Waals surface area contributed by atoms with E-state index >= 15 is 0 Å². The minimum absolute atomic E-state index is 0.257. The van der Waals surface area contributed by atoms with Crippen molar-refractivity contribution in [1.29, 1.82) is 0 Å². The van der Waals surface area contributed by atoms with E-state index in [1.54, 1.807) is 0 Å². The second kappa shape index (κ2) is 16.9. The number of nitrogens with zero attached hydrogens (tertiary/aromatic N) is 4. The number of piperazine rings is 1. The van der Waals surface area contributed by atoms with Gasteiger partial charge < -0.3 is 31.7 Å². The van der Waals surface area contributed by atoms with E-state index in [9.17, 15) is 4.79 Å². The third-order valence-electron chi connectivity index (χ3n) is 9.06. The summed E-state index contributed by atoms with van der Waals surface area (Å²) in [5, 5.41) is 19.7. The quantitative estimate of drug-likeness (QED) is 0.192. The van der Waals surface area contributed by atoms with Crippen molar-refractivity contribution < 1.29 is 9.90 Å². The Morgan fingerprint density at radius 3 is 2.35 bits per heavy atom. The van der Waals surface area contributed by atoms with Crippen LogP contribution in [-0.4, -0.2) is 90.9 Å². The van der Waals surface area contributed by atoms with Crippen molar-refractivity contribution in [2.75, 3.05) is 74.9 Å². The van der Waals surface area contributed by atoms with Gasteiger partial charge in [-0.3, -0.25) is 9.69 Å². The molecule has 0 spiro atoms. The van der Waals surface area contributed by atoms with Crippen LogP contribution in [0.5, 0.6) is 0 Å². The second-order valence-corrected chi connectivity index (χ2v) is 12.3. The van der Waals surface area contributed by atoms with Crippen LogP contribution in [0, 0.1) is 11.8 Å². The Labute approximate surface area is 241 Å². The van der Waals surface area contributed by atoms with E-state index in [1.165, 1.54) is 64.2 Å². The van der Waals surface area contributed by atoms with Gasteiger partial charge in [-0.2, -0.15) is 9.97 Å². The van der Waals surface area contributed by atoms with Crippen molar-refractivity contribution in [1.82, 2.24) is 25.5 Å². The number of aromatic nitrogens is 2. The molecule has 0 radical (unpaired) electrons. The number of unbranched alkanes of at least 4 members (excludes halogenated alkanes) is 1. The normalized spacial score (nSPS) is 22.9. The van der Waals surface area contributed by atoms with Crippen LogP contribution >= 0.6 is 0 Å². The average Bonchev–Trinajstić information content (AvgIpc) is 2.97. The van der Waals surface area contributed by atoms with E-state index in [4.69, 9.17) is 15.8 Å². The fraction of sp³-hybridized carbons (Fsp3) is 0.833. The molecular formula is C30H54N8O2. The number of carboxylic acid groups (broad SMARTS) is 1. The minimum atomic E-state index is -0.709. The zero-order chi connectivity index (χ0) is 28.0. The number of rotatable bonds is 16. The zero-order valence-corrected chi connectivity index (χ0v) is 24.6. The molecule has 226 valence electrons. The topological polar surface area (TPSA) is 132 Å². The molecule has 3 fully saturated rings. The molecule has 1 aromatic rings. The van der Waals surface area contributed by atoms with Gasteiger partial charge >= 0.3 is 5.97 Å². The maximum absolute atomic E-state index is 10.7. The van der Waals surface area contributed by atoms with Gasteiger partial charge in [0.05, 0.1) is 0 Å². The first-order chi connectivity index (χ1) is 19.5. The highest BCUT2D eigenvalue weighted by atomic mass is 16.4. The highest BCUT2D eigenvalue weighted by molar-refractivity contribution is 5.66. The lowest BCUT2D eigenvalue weighted by atomic mass is 9.82. The molecule has 2 aliphatic carbocycles. The van der Waals surface area contributed by atoms with Gasteiger partial charge in [-0.15, -0.1) is 0 Å². The molecule has 4 rings (SSSR count). The lowest BCUT2D eigenvalue weighted by Crippen LogP contribution is -2.47. The molecule has 3 aliphatic rings. The average molecular weight is 559 g/mol. The van der Waals surface area contributed by atoms with Crippen LogP contribution in [-0.2, 0) is 4.79 Å². The first-order valence-corrected chi connectivity index (χ1v) is 16.1. The predicted octanol–water partition coefficient (Wildman–Crippen LogP) is 3.56. The van der Waals surface area contributed by atoms with Crippen LogP contribution < -0.4 is 26.6 Å². The molecule has 40 heavy (non-hydrogen) atoms. The molecular weight excluding hydrogens is 504 g/mol. The smallest absolute Gasteiger partial charge is 0.303 e. The maximum atomic E-state index is 10.7. The van der Waals surface area contributed by atoms with E-state index in [-0.39, 0.29) is 6.42 Å². The lowest BCUT2D eigenvalue weighted by Gasteiger charge is -2.35. The fourth-order valence-corrected chi connectivity index (χ4v) is 6.51. The van der Waals surface area contributed by atoms with Gasteiger partial charge in [-0.25, -0.2) is 0 Å². The highest BCUT2D eigenvalue weighted by Crippen LogP contribution is 2.29. The Hall–Kier alpha value is -2.17. The van der Waals surface area contributed by atoms with Crippen molar-refractivity contribution in [2.24, 2.45) is 11.8 Å². The molecule has 10 heteroatoms. The molecule has 1 aliphatic heterocycles. The summed E-state index contributed by atoms with van der Waals surface area (Å²) in [6.07, 6.45) is 15.2. The summed E-state index contributed by atoms with van der Waals surface area (Å²) in [6.45, 7) is 8.98. The molecule has 0 amide bonds. The van der Waals surface area contributed by atoms with Crippen molar-refractivity contribution in [2.45, 2.75) is 89.5 Å². The van der Waals surface area contributed by atoms with Crippen LogP contribution in [0.1, 0.15) is 83.5 Å². The Morgan fingerprint density at radius 1 is 0.900 bits per heavy atom. The summed E-state index contributed by atoms with van der Waals surface area (Å²) in [7, 11) is 0. The van der Waals surface area contributed by atoms with Gasteiger partial charge in [0, 0.05) is 51.3 Å². The molecule has 1 aromatic heterocycles. The molecule has 0 unspecified atom stereocenters. The summed E-state index contributed by atoms with van der Waals surface area (Å²) in [5.41, 5.74) is 6.15. The largest absolute Gasteiger partial charge is 0.481 e. The molecule has 0 atom stereocenters. The van der Waals surface area contributed by atoms with Gasteiger partial charge in [0.15, 0.2) is 0 Å². The monoisotopic (exact) mass is 558 g/mol. The van der Waals surface area contributed by atoms with Crippen LogP contribution in [0.25, 0.3) is 0 Å². The third-order valence-corrected chi connectivity index (χ3v) is 9.06. The van der Waals surface area contributed by atoms with E-state index in [0.29, 0.717) is 17.7 Å². The highest BCUT2D eigenvalue weighted by Gasteiger charge is 2.22. The summed E-state index contributed by atoms with van der Waals surface area (Å²) < 4.78 is 0. The number of nitrogen functional groups attached to an aromatic ring is 1. The Kier molecular flexibility index (Phi) is 13.0. The summed E-state index contributed by atoms with van der Waals surface area (Å²) >= 11 is 0. The number of hydrogen-bond donors (Lipinski definition) is 5. The first-order valence-electron chi connectivity index (χ1n) is 16.1. The zero-order valence-electron chi connectivity index (χ0n) is 24.6. The van der Waals surface area contributed by atoms with E-state index in [2.05, 4.69) is 30.7 Å². The number of anilines is 3. The Morgan fingerprint density at radius 2 is 1.62 bits per heavy atom. The van der Waals surface area contributed by atoms with Crippen molar-refractivity contribution in [3.8, 4) is 0 Å². The SMILES string of the molecule is Nc1cc(N2CCN(CCCCC(=O)O)CC2)nc(NCC2CCC(CNCCCNC3CCCCC3)CC2)n1. The van der Waals surface area contributed by atoms with E-state index in [1.807, 2.05) is 6.07 Å². The van der Waals surface area contributed by atoms with Crippen LogP contribution in [0.3, 0.4) is 0 Å². The standard InChI is InChI=1S/C30H54N8O2/c31-27-21-28(38-19-17-37(18-20-38)16-5-4-9-29(39)40)36-30(35-27)34-23-25-12-10-24(11-13-25)22-32-14-6-15-33-26-7-2-1-3-8-26/h21,24-26,32-33H,1-20,22-23H2,(H,39,40)(H3,31,34,35,36). The fourth-order valence-electron chi connectivity index (χ4n) is 6.51. The number of nitrogens with two attached hydrogens (primary N) is 1. The molecule has 2 heterocycles. The molecule has 1 saturated heterocycles. The third kappa shape index (κ3) is 11.0. The summed E-state index contributed by atoms with van der Waals surface area (Å²) in [4.78, 5) is 24.6. The molecule has 0 bridgehead atoms. The summed E-state index contributed by atoms with van der Waals surface area (Å²) in [5.74, 6) is 2.79. The van der Waals surface area contributed by atoms with Gasteiger partial charge in [-0.1, -0.05) is 19.3 Å². The first kappa shape index (κ1) is 30.8. The van der Waals surface area contributed by atoms with Gasteiger partial charge in [0.1, 0.15) is 11.6 Å². The van der Waals surface area contributed by atoms with Crippen molar-refractivity contribution in [3.63, 3.8) is 0 Å². The van der Waals surface area contributed by atoms with E-state index < -0.39 is 5.97 Å². The predicted molar refractivity (Wildman–Crippen MR) is 163 cm³/mol. The molecule has 10 nitrogen and oxygen atoms in total. The van der Waals surface area contributed by atoms with E-state index in [0.717, 1.165) is 89.5 Å². The Bertz CT molecular complexity index is 865. The number of nitrogens with one attached hydrogen (secondary N) is 3. The molecule has 6 N–H and O–H groups in total. The van der Waals surface area contributed by atoms with Crippen LogP contribution in [0.4, 0.5) is 17.6 Å². The van der Waals surface area contributed by atoms with Gasteiger partial charge in [0.2, 0.25) is 5.95 Å². The van der Waals surface area contributed by atoms with Gasteiger partial charge in [-0.05, 0) is 95.8 Å². The number of carbonyl (C=O) groups is 1. The maximum Gasteiger partial charge on any atom is 0.303 e. The second-order valence-electron chi connectivity index (χ2n) is 12.3. The lowest BCUT2D eigenvalue weighted by molar-refractivity contribution is -0.137. The van der Waals surface area contributed by atoms with Crippen LogP contribution in [0.15, 0.2) is 6.07 Å². The Balaban J connectivity index is 1.07. The molecule has 0 aromatic carbocycles.